The Morgan fingerprint density at radius 1 is 1.47 bits per heavy atom. The smallest absolute Gasteiger partial charge is 0.275 e. The second-order valence-corrected chi connectivity index (χ2v) is 4.68. The minimum Gasteiger partial charge on any atom is -0.390 e. The second kappa shape index (κ2) is 6.30. The predicted octanol–water partition coefficient (Wildman–Crippen LogP) is 2.43. The Kier molecular flexibility index (Phi) is 5.32. The normalized spacial score (nSPS) is 14.4. The van der Waals surface area contributed by atoms with Gasteiger partial charge < -0.3 is 10.2 Å². The molecule has 0 aromatic heterocycles. The van der Waals surface area contributed by atoms with Crippen LogP contribution in [0.2, 0.25) is 5.02 Å². The summed E-state index contributed by atoms with van der Waals surface area (Å²) < 4.78 is 0. The van der Waals surface area contributed by atoms with Gasteiger partial charge in [0, 0.05) is 16.4 Å². The van der Waals surface area contributed by atoms with Gasteiger partial charge in [-0.25, -0.2) is 0 Å². The maximum atomic E-state index is 10.8. The average molecular weight is 325 g/mol. The molecule has 0 aliphatic heterocycles. The lowest BCUT2D eigenvalue weighted by Gasteiger charge is -2.17. The van der Waals surface area contributed by atoms with Crippen LogP contribution in [0, 0.1) is 10.1 Å². The minimum atomic E-state index is -1.33. The average Bonchev–Trinajstić information content (AvgIpc) is 2.27. The SMILES string of the molecule is O=[N+]([O-])c1ccc(Cl)cc1C(O)C(O)CCBr. The van der Waals surface area contributed by atoms with E-state index in [4.69, 9.17) is 11.6 Å². The first-order valence-electron chi connectivity index (χ1n) is 4.83. The molecule has 0 saturated carbocycles. The predicted molar refractivity (Wildman–Crippen MR) is 67.5 cm³/mol. The number of hydrogen-bond acceptors (Lipinski definition) is 4. The molecule has 0 fully saturated rings. The summed E-state index contributed by atoms with van der Waals surface area (Å²) in [5, 5.41) is 31.0. The van der Waals surface area contributed by atoms with Crippen molar-refractivity contribution in [2.45, 2.75) is 18.6 Å². The fourth-order valence-electron chi connectivity index (χ4n) is 1.41. The fourth-order valence-corrected chi connectivity index (χ4v) is 2.06. The van der Waals surface area contributed by atoms with Gasteiger partial charge in [0.25, 0.3) is 5.69 Å². The zero-order valence-corrected chi connectivity index (χ0v) is 11.1. The van der Waals surface area contributed by atoms with Crippen molar-refractivity contribution in [3.8, 4) is 0 Å². The molecule has 94 valence electrons. The number of aliphatic hydroxyl groups is 2. The van der Waals surface area contributed by atoms with Crippen LogP contribution in [0.3, 0.4) is 0 Å². The fraction of sp³-hybridized carbons (Fsp3) is 0.400. The molecule has 1 aromatic carbocycles. The maximum absolute atomic E-state index is 10.8. The zero-order chi connectivity index (χ0) is 13.0. The van der Waals surface area contributed by atoms with Crippen LogP contribution in [-0.4, -0.2) is 26.6 Å². The van der Waals surface area contributed by atoms with E-state index in [0.29, 0.717) is 5.33 Å². The highest BCUT2D eigenvalue weighted by Crippen LogP contribution is 2.30. The number of halogens is 2. The number of benzene rings is 1. The summed E-state index contributed by atoms with van der Waals surface area (Å²) in [5.74, 6) is 0. The molecule has 1 rings (SSSR count). The van der Waals surface area contributed by atoms with Gasteiger partial charge in [-0.2, -0.15) is 0 Å². The summed E-state index contributed by atoms with van der Waals surface area (Å²) in [6.45, 7) is 0. The molecule has 0 bridgehead atoms. The van der Waals surface area contributed by atoms with Gasteiger partial charge in [-0.05, 0) is 18.6 Å². The first-order valence-corrected chi connectivity index (χ1v) is 6.33. The van der Waals surface area contributed by atoms with Crippen molar-refractivity contribution in [2.24, 2.45) is 0 Å². The summed E-state index contributed by atoms with van der Waals surface area (Å²) >= 11 is 8.84. The largest absolute Gasteiger partial charge is 0.390 e. The van der Waals surface area contributed by atoms with Crippen LogP contribution in [0.25, 0.3) is 0 Å². The third-order valence-corrected chi connectivity index (χ3v) is 2.97. The summed E-state index contributed by atoms with van der Waals surface area (Å²) in [6.07, 6.45) is -2.12. The lowest BCUT2D eigenvalue weighted by atomic mass is 10.0. The summed E-state index contributed by atoms with van der Waals surface area (Å²) in [7, 11) is 0. The van der Waals surface area contributed by atoms with Gasteiger partial charge in [0.05, 0.1) is 16.6 Å². The third kappa shape index (κ3) is 3.64. The third-order valence-electron chi connectivity index (χ3n) is 2.27. The highest BCUT2D eigenvalue weighted by Gasteiger charge is 2.26. The highest BCUT2D eigenvalue weighted by molar-refractivity contribution is 9.09. The minimum absolute atomic E-state index is 0.0240. The van der Waals surface area contributed by atoms with Crippen molar-refractivity contribution in [1.82, 2.24) is 0 Å². The van der Waals surface area contributed by atoms with Crippen LogP contribution in [0.1, 0.15) is 18.1 Å². The maximum Gasteiger partial charge on any atom is 0.275 e. The summed E-state index contributed by atoms with van der Waals surface area (Å²) in [5.41, 5.74) is -0.230. The van der Waals surface area contributed by atoms with Crippen LogP contribution in [0.4, 0.5) is 5.69 Å². The Hall–Kier alpha value is -0.690. The van der Waals surface area contributed by atoms with E-state index in [1.807, 2.05) is 0 Å². The molecular weight excluding hydrogens is 313 g/mol. The van der Waals surface area contributed by atoms with Crippen molar-refractivity contribution >= 4 is 33.2 Å². The highest BCUT2D eigenvalue weighted by atomic mass is 79.9. The van der Waals surface area contributed by atoms with Gasteiger partial charge in [0.1, 0.15) is 6.10 Å². The molecular formula is C10H11BrClNO4. The van der Waals surface area contributed by atoms with Gasteiger partial charge in [-0.15, -0.1) is 0 Å². The Morgan fingerprint density at radius 2 is 2.12 bits per heavy atom. The van der Waals surface area contributed by atoms with Crippen LogP contribution in [0.5, 0.6) is 0 Å². The lowest BCUT2D eigenvalue weighted by molar-refractivity contribution is -0.386. The molecule has 2 unspecified atom stereocenters. The van der Waals surface area contributed by atoms with Crippen molar-refractivity contribution < 1.29 is 15.1 Å². The monoisotopic (exact) mass is 323 g/mol. The van der Waals surface area contributed by atoms with Gasteiger partial charge in [-0.1, -0.05) is 27.5 Å². The van der Waals surface area contributed by atoms with E-state index in [1.165, 1.54) is 18.2 Å². The number of nitrogens with zero attached hydrogens (tertiary/aromatic N) is 1. The van der Waals surface area contributed by atoms with Crippen molar-refractivity contribution in [3.05, 3.63) is 38.9 Å². The molecule has 0 heterocycles. The summed E-state index contributed by atoms with van der Waals surface area (Å²) in [4.78, 5) is 10.2. The first-order chi connectivity index (χ1) is 7.97. The standard InChI is InChI=1S/C10H11BrClNO4/c11-4-3-9(14)10(15)7-5-6(12)1-2-8(7)13(16)17/h1-2,5,9-10,14-15H,3-4H2. The number of aliphatic hydroxyl groups excluding tert-OH is 2. The van der Waals surface area contributed by atoms with Gasteiger partial charge >= 0.3 is 0 Å². The van der Waals surface area contributed by atoms with Crippen molar-refractivity contribution in [2.75, 3.05) is 5.33 Å². The van der Waals surface area contributed by atoms with E-state index in [2.05, 4.69) is 15.9 Å². The molecule has 7 heteroatoms. The van der Waals surface area contributed by atoms with Crippen LogP contribution < -0.4 is 0 Å². The molecule has 0 saturated heterocycles. The van der Waals surface area contributed by atoms with Gasteiger partial charge in [0.15, 0.2) is 0 Å². The van der Waals surface area contributed by atoms with E-state index in [1.54, 1.807) is 0 Å². The van der Waals surface area contributed by atoms with Crippen LogP contribution >= 0.6 is 27.5 Å². The van der Waals surface area contributed by atoms with Gasteiger partial charge in [-0.3, -0.25) is 10.1 Å². The number of hydrogen-bond donors (Lipinski definition) is 2. The van der Waals surface area contributed by atoms with E-state index in [-0.39, 0.29) is 22.7 Å². The molecule has 0 spiro atoms. The molecule has 2 atom stereocenters. The number of nitro benzene ring substituents is 1. The second-order valence-electron chi connectivity index (χ2n) is 3.45. The Labute approximate surface area is 111 Å². The number of nitro groups is 1. The Balaban J connectivity index is 3.10. The van der Waals surface area contributed by atoms with E-state index < -0.39 is 17.1 Å². The molecule has 5 nitrogen and oxygen atoms in total. The quantitative estimate of drug-likeness (QED) is 0.495. The lowest BCUT2D eigenvalue weighted by Crippen LogP contribution is -2.19. The molecule has 2 N–H and O–H groups in total. The Morgan fingerprint density at radius 3 is 2.65 bits per heavy atom. The van der Waals surface area contributed by atoms with E-state index >= 15 is 0 Å². The van der Waals surface area contributed by atoms with Crippen LogP contribution in [0.15, 0.2) is 18.2 Å². The molecule has 1 aromatic rings. The Bertz CT molecular complexity index is 415. The number of alkyl halides is 1. The molecule has 0 aliphatic rings. The molecule has 0 aliphatic carbocycles. The summed E-state index contributed by atoms with van der Waals surface area (Å²) in [6, 6.07) is 3.87. The van der Waals surface area contributed by atoms with Crippen LogP contribution in [-0.2, 0) is 0 Å². The van der Waals surface area contributed by atoms with Gasteiger partial charge in [0.2, 0.25) is 0 Å². The van der Waals surface area contributed by atoms with E-state index in [0.717, 1.165) is 0 Å². The van der Waals surface area contributed by atoms with E-state index in [9.17, 15) is 20.3 Å². The zero-order valence-electron chi connectivity index (χ0n) is 8.72. The van der Waals surface area contributed by atoms with Crippen molar-refractivity contribution in [3.63, 3.8) is 0 Å². The van der Waals surface area contributed by atoms with Crippen molar-refractivity contribution in [1.29, 1.82) is 0 Å². The molecule has 0 amide bonds. The number of rotatable bonds is 5. The molecule has 0 radical (unpaired) electrons. The first kappa shape index (κ1) is 14.4. The topological polar surface area (TPSA) is 83.6 Å². The molecule has 17 heavy (non-hydrogen) atoms.